The Morgan fingerprint density at radius 3 is 2.40 bits per heavy atom. The predicted octanol–water partition coefficient (Wildman–Crippen LogP) is 1.83. The molecule has 0 saturated carbocycles. The van der Waals surface area contributed by atoms with Crippen molar-refractivity contribution < 1.29 is 9.90 Å². The van der Waals surface area contributed by atoms with Crippen LogP contribution >= 0.6 is 31.9 Å². The first kappa shape index (κ1) is 10.6. The number of halogens is 2. The smallest absolute Gasteiger partial charge is 0.157 e. The third kappa shape index (κ3) is 5.38. The Bertz CT molecular complexity index is 104. The molecule has 0 aromatic rings. The van der Waals surface area contributed by atoms with Gasteiger partial charge in [0.05, 0.1) is 0 Å². The lowest BCUT2D eigenvalue weighted by Gasteiger charge is -1.98. The second-order valence-electron chi connectivity index (χ2n) is 1.95. The van der Waals surface area contributed by atoms with Crippen LogP contribution in [-0.4, -0.2) is 21.2 Å². The molecular formula is C6H10Br2O2. The van der Waals surface area contributed by atoms with Gasteiger partial charge in [0.1, 0.15) is 3.74 Å². The zero-order chi connectivity index (χ0) is 7.98. The molecular weight excluding hydrogens is 264 g/mol. The van der Waals surface area contributed by atoms with Gasteiger partial charge in [-0.05, 0) is 12.8 Å². The fourth-order valence-electron chi connectivity index (χ4n) is 0.520. The van der Waals surface area contributed by atoms with Crippen molar-refractivity contribution in [2.45, 2.75) is 23.0 Å². The lowest BCUT2D eigenvalue weighted by molar-refractivity contribution is -0.117. The first-order chi connectivity index (χ1) is 4.68. The second kappa shape index (κ2) is 6.31. The van der Waals surface area contributed by atoms with E-state index < -0.39 is 0 Å². The molecule has 0 atom stereocenters. The van der Waals surface area contributed by atoms with Crippen molar-refractivity contribution in [1.82, 2.24) is 0 Å². The summed E-state index contributed by atoms with van der Waals surface area (Å²) in [5.74, 6) is 0.133. The van der Waals surface area contributed by atoms with Crippen LogP contribution in [0.4, 0.5) is 0 Å². The third-order valence-electron chi connectivity index (χ3n) is 1.07. The van der Waals surface area contributed by atoms with E-state index in [4.69, 9.17) is 5.11 Å². The summed E-state index contributed by atoms with van der Waals surface area (Å²) >= 11 is 6.19. The highest BCUT2D eigenvalue weighted by atomic mass is 79.9. The van der Waals surface area contributed by atoms with Crippen LogP contribution in [0.3, 0.4) is 0 Å². The summed E-state index contributed by atoms with van der Waals surface area (Å²) in [4.78, 5) is 10.8. The minimum absolute atomic E-state index is 0.133. The number of alkyl halides is 2. The molecule has 0 aliphatic heterocycles. The summed E-state index contributed by atoms with van der Waals surface area (Å²) in [6.07, 6.45) is 2.00. The van der Waals surface area contributed by atoms with Crippen LogP contribution in [0.15, 0.2) is 0 Å². The van der Waals surface area contributed by atoms with E-state index in [1.807, 2.05) is 0 Å². The maximum atomic E-state index is 10.8. The van der Waals surface area contributed by atoms with E-state index in [0.717, 1.165) is 6.42 Å². The van der Waals surface area contributed by atoms with Crippen LogP contribution in [0.25, 0.3) is 0 Å². The Labute approximate surface area is 77.3 Å². The molecule has 0 aromatic carbocycles. The van der Waals surface area contributed by atoms with Gasteiger partial charge in [0, 0.05) is 13.0 Å². The monoisotopic (exact) mass is 272 g/mol. The van der Waals surface area contributed by atoms with Crippen LogP contribution < -0.4 is 0 Å². The number of unbranched alkanes of at least 4 members (excludes halogenated alkanes) is 1. The van der Waals surface area contributed by atoms with Gasteiger partial charge in [-0.25, -0.2) is 0 Å². The number of carbonyl (C=O) groups is 1. The van der Waals surface area contributed by atoms with Gasteiger partial charge < -0.3 is 5.11 Å². The van der Waals surface area contributed by atoms with Gasteiger partial charge in [-0.1, -0.05) is 31.9 Å². The van der Waals surface area contributed by atoms with Gasteiger partial charge in [-0.3, -0.25) is 4.79 Å². The minimum Gasteiger partial charge on any atom is -0.396 e. The molecule has 0 aliphatic rings. The van der Waals surface area contributed by atoms with Crippen molar-refractivity contribution in [3.63, 3.8) is 0 Å². The Hall–Kier alpha value is 0.590. The van der Waals surface area contributed by atoms with Crippen LogP contribution in [0.5, 0.6) is 0 Å². The molecule has 4 heteroatoms. The topological polar surface area (TPSA) is 37.3 Å². The molecule has 2 nitrogen and oxygen atoms in total. The molecule has 0 aliphatic carbocycles. The van der Waals surface area contributed by atoms with Crippen LogP contribution in [0.1, 0.15) is 19.3 Å². The first-order valence-corrected chi connectivity index (χ1v) is 4.93. The van der Waals surface area contributed by atoms with E-state index in [9.17, 15) is 4.79 Å². The summed E-state index contributed by atoms with van der Waals surface area (Å²) in [6, 6.07) is 0. The molecule has 10 heavy (non-hydrogen) atoms. The first-order valence-electron chi connectivity index (χ1n) is 3.10. The molecule has 0 bridgehead atoms. The van der Waals surface area contributed by atoms with Gasteiger partial charge in [0.25, 0.3) is 0 Å². The zero-order valence-electron chi connectivity index (χ0n) is 5.52. The molecule has 0 saturated heterocycles. The molecule has 0 fully saturated rings. The van der Waals surface area contributed by atoms with Crippen LogP contribution in [0.2, 0.25) is 0 Å². The number of carbonyl (C=O) groups excluding carboxylic acids is 1. The number of hydrogen-bond donors (Lipinski definition) is 1. The molecule has 0 rings (SSSR count). The lowest BCUT2D eigenvalue weighted by Crippen LogP contribution is -2.05. The summed E-state index contributed by atoms with van der Waals surface area (Å²) in [5, 5.41) is 8.38. The van der Waals surface area contributed by atoms with E-state index in [1.54, 1.807) is 0 Å². The van der Waals surface area contributed by atoms with E-state index in [-0.39, 0.29) is 16.1 Å². The molecule has 1 N–H and O–H groups in total. The normalized spacial score (nSPS) is 10.4. The van der Waals surface area contributed by atoms with Gasteiger partial charge in [-0.15, -0.1) is 0 Å². The predicted molar refractivity (Wildman–Crippen MR) is 47.6 cm³/mol. The van der Waals surface area contributed by atoms with Gasteiger partial charge in [0.2, 0.25) is 0 Å². The summed E-state index contributed by atoms with van der Waals surface area (Å²) in [6.45, 7) is 0.169. The second-order valence-corrected chi connectivity index (χ2v) is 5.01. The third-order valence-corrected chi connectivity index (χ3v) is 2.10. The molecule has 0 heterocycles. The van der Waals surface area contributed by atoms with Crippen LogP contribution in [0, 0.1) is 0 Å². The van der Waals surface area contributed by atoms with Crippen molar-refractivity contribution >= 4 is 37.6 Å². The molecule has 0 spiro atoms. The maximum Gasteiger partial charge on any atom is 0.157 e. The fraction of sp³-hybridized carbons (Fsp3) is 0.833. The summed E-state index contributed by atoms with van der Waals surface area (Å²) in [7, 11) is 0. The lowest BCUT2D eigenvalue weighted by atomic mass is 10.2. The highest BCUT2D eigenvalue weighted by Gasteiger charge is 2.08. The number of rotatable bonds is 5. The number of ketones is 1. The van der Waals surface area contributed by atoms with E-state index in [0.29, 0.717) is 12.8 Å². The maximum absolute atomic E-state index is 10.8. The summed E-state index contributed by atoms with van der Waals surface area (Å²) < 4.78 is -0.223. The number of aliphatic hydroxyl groups is 1. The van der Waals surface area contributed by atoms with Crippen molar-refractivity contribution in [2.24, 2.45) is 0 Å². The van der Waals surface area contributed by atoms with Crippen molar-refractivity contribution in [3.05, 3.63) is 0 Å². The Morgan fingerprint density at radius 1 is 1.40 bits per heavy atom. The molecule has 0 unspecified atom stereocenters. The SMILES string of the molecule is O=C(CCCCO)C(Br)Br. The Morgan fingerprint density at radius 2 is 2.00 bits per heavy atom. The molecule has 0 amide bonds. The quantitative estimate of drug-likeness (QED) is 0.613. The van der Waals surface area contributed by atoms with Gasteiger partial charge >= 0.3 is 0 Å². The Balaban J connectivity index is 3.22. The molecule has 60 valence electrons. The van der Waals surface area contributed by atoms with Gasteiger partial charge in [0.15, 0.2) is 5.78 Å². The minimum atomic E-state index is -0.223. The van der Waals surface area contributed by atoms with E-state index >= 15 is 0 Å². The molecule has 0 aromatic heterocycles. The van der Waals surface area contributed by atoms with Crippen molar-refractivity contribution in [3.8, 4) is 0 Å². The standard InChI is InChI=1S/C6H10Br2O2/c7-6(8)5(10)3-1-2-4-9/h6,9H,1-4H2. The number of Topliss-reactive ketones (excluding diaryl/α,β-unsaturated/α-hetero) is 1. The average molecular weight is 274 g/mol. The fourth-order valence-corrected chi connectivity index (χ4v) is 0.978. The number of hydrogen-bond acceptors (Lipinski definition) is 2. The van der Waals surface area contributed by atoms with E-state index in [2.05, 4.69) is 31.9 Å². The average Bonchev–Trinajstić information content (AvgIpc) is 1.88. The highest BCUT2D eigenvalue weighted by Crippen LogP contribution is 2.12. The van der Waals surface area contributed by atoms with Crippen molar-refractivity contribution in [1.29, 1.82) is 0 Å². The van der Waals surface area contributed by atoms with Crippen LogP contribution in [-0.2, 0) is 4.79 Å². The Kier molecular flexibility index (Phi) is 6.68. The summed E-state index contributed by atoms with van der Waals surface area (Å²) in [5.41, 5.74) is 0. The van der Waals surface area contributed by atoms with E-state index in [1.165, 1.54) is 0 Å². The largest absolute Gasteiger partial charge is 0.396 e. The highest BCUT2D eigenvalue weighted by molar-refractivity contribution is 9.25. The van der Waals surface area contributed by atoms with Crippen molar-refractivity contribution in [2.75, 3.05) is 6.61 Å². The number of aliphatic hydroxyl groups excluding tert-OH is 1. The zero-order valence-corrected chi connectivity index (χ0v) is 8.69. The van der Waals surface area contributed by atoms with Gasteiger partial charge in [-0.2, -0.15) is 0 Å². The molecule has 0 radical (unpaired) electrons.